The van der Waals surface area contributed by atoms with Gasteiger partial charge in [-0.15, -0.1) is 0 Å². The summed E-state index contributed by atoms with van der Waals surface area (Å²) in [5, 5.41) is 28.6. The standard InChI is InChI=1S/C22H17N9/c23-4-3-22(8-14(9-22)10-24)31-28-12-20(30-31)17-6-15(19-11-26-13-21(25)29-19)7-18-16(17)2-1-5-27-18/h1-2,5-7,11-14H,3,8-9H2,(H2,25,29). The number of aromatic nitrogens is 6. The Labute approximate surface area is 177 Å². The zero-order valence-corrected chi connectivity index (χ0v) is 16.5. The number of nitriles is 2. The van der Waals surface area contributed by atoms with Crippen molar-refractivity contribution in [2.24, 2.45) is 5.92 Å². The van der Waals surface area contributed by atoms with E-state index in [1.54, 1.807) is 23.4 Å². The van der Waals surface area contributed by atoms with Gasteiger partial charge in [0.25, 0.3) is 0 Å². The Balaban J connectivity index is 1.63. The maximum atomic E-state index is 9.30. The van der Waals surface area contributed by atoms with Gasteiger partial charge in [-0.25, -0.2) is 4.98 Å². The van der Waals surface area contributed by atoms with Crippen LogP contribution in [-0.4, -0.2) is 29.9 Å². The molecule has 3 aromatic heterocycles. The lowest BCUT2D eigenvalue weighted by molar-refractivity contribution is 0.0713. The fourth-order valence-electron chi connectivity index (χ4n) is 4.15. The van der Waals surface area contributed by atoms with Gasteiger partial charge in [-0.3, -0.25) is 9.97 Å². The van der Waals surface area contributed by atoms with Gasteiger partial charge in [0.2, 0.25) is 0 Å². The molecule has 9 heteroatoms. The zero-order chi connectivity index (χ0) is 21.4. The first-order valence-electron chi connectivity index (χ1n) is 9.78. The van der Waals surface area contributed by atoms with Crippen LogP contribution in [0.1, 0.15) is 19.3 Å². The number of hydrogen-bond donors (Lipinski definition) is 1. The molecule has 0 unspecified atom stereocenters. The number of pyridine rings is 1. The predicted molar refractivity (Wildman–Crippen MR) is 113 cm³/mol. The summed E-state index contributed by atoms with van der Waals surface area (Å²) in [6.07, 6.45) is 7.99. The number of rotatable bonds is 4. The molecule has 3 heterocycles. The van der Waals surface area contributed by atoms with Crippen LogP contribution in [0.5, 0.6) is 0 Å². The molecule has 9 nitrogen and oxygen atoms in total. The number of fused-ring (bicyclic) bond motifs is 1. The van der Waals surface area contributed by atoms with Crippen molar-refractivity contribution in [2.45, 2.75) is 24.8 Å². The van der Waals surface area contributed by atoms with E-state index in [1.807, 2.05) is 24.3 Å². The van der Waals surface area contributed by atoms with Gasteiger partial charge in [0.15, 0.2) is 0 Å². The smallest absolute Gasteiger partial charge is 0.142 e. The van der Waals surface area contributed by atoms with Crippen molar-refractivity contribution in [3.05, 3.63) is 49.1 Å². The third kappa shape index (κ3) is 3.13. The first kappa shape index (κ1) is 18.6. The first-order valence-corrected chi connectivity index (χ1v) is 9.78. The molecule has 5 rings (SSSR count). The number of nitrogens with two attached hydrogens (primary N) is 1. The van der Waals surface area contributed by atoms with Crippen LogP contribution in [-0.2, 0) is 5.54 Å². The van der Waals surface area contributed by atoms with E-state index in [9.17, 15) is 10.5 Å². The number of benzene rings is 1. The molecular formula is C22H17N9. The van der Waals surface area contributed by atoms with Crippen molar-refractivity contribution < 1.29 is 0 Å². The number of hydrogen-bond acceptors (Lipinski definition) is 8. The summed E-state index contributed by atoms with van der Waals surface area (Å²) in [5.41, 5.74) is 9.03. The SMILES string of the molecule is N#CCC1(n2ncc(-c3cc(-c4cncc(N)n4)cc4ncccc34)n2)CC(C#N)C1. The molecule has 0 radical (unpaired) electrons. The summed E-state index contributed by atoms with van der Waals surface area (Å²) in [4.78, 5) is 14.6. The molecule has 2 N–H and O–H groups in total. The number of nitrogen functional groups attached to an aromatic ring is 1. The van der Waals surface area contributed by atoms with Crippen molar-refractivity contribution in [1.82, 2.24) is 29.9 Å². The molecule has 0 aliphatic heterocycles. The summed E-state index contributed by atoms with van der Waals surface area (Å²) in [5.74, 6) is 0.264. The molecule has 1 aliphatic rings. The second-order valence-corrected chi connectivity index (χ2v) is 7.74. The van der Waals surface area contributed by atoms with E-state index in [2.05, 4.69) is 32.2 Å². The lowest BCUT2D eigenvalue weighted by Gasteiger charge is -2.42. The highest BCUT2D eigenvalue weighted by molar-refractivity contribution is 5.96. The molecule has 31 heavy (non-hydrogen) atoms. The molecule has 0 amide bonds. The van der Waals surface area contributed by atoms with Crippen molar-refractivity contribution >= 4 is 16.7 Å². The van der Waals surface area contributed by atoms with Crippen molar-refractivity contribution in [3.63, 3.8) is 0 Å². The summed E-state index contributed by atoms with van der Waals surface area (Å²) >= 11 is 0. The fraction of sp³-hybridized carbons (Fsp3) is 0.227. The maximum Gasteiger partial charge on any atom is 0.142 e. The first-order chi connectivity index (χ1) is 15.1. The van der Waals surface area contributed by atoms with Crippen LogP contribution in [0.4, 0.5) is 5.82 Å². The lowest BCUT2D eigenvalue weighted by atomic mass is 9.68. The molecule has 0 spiro atoms. The third-order valence-electron chi connectivity index (χ3n) is 5.71. The Bertz CT molecular complexity index is 1370. The number of anilines is 1. The molecule has 0 bridgehead atoms. The second kappa shape index (κ2) is 7.15. The minimum atomic E-state index is -0.529. The molecule has 1 saturated carbocycles. The zero-order valence-electron chi connectivity index (χ0n) is 16.5. The minimum Gasteiger partial charge on any atom is -0.382 e. The van der Waals surface area contributed by atoms with Crippen LogP contribution >= 0.6 is 0 Å². The van der Waals surface area contributed by atoms with E-state index in [4.69, 9.17) is 10.8 Å². The topological polar surface area (TPSA) is 143 Å². The highest BCUT2D eigenvalue weighted by Crippen LogP contribution is 2.45. The molecule has 4 aromatic rings. The average Bonchev–Trinajstić information content (AvgIpc) is 3.25. The molecule has 1 aliphatic carbocycles. The van der Waals surface area contributed by atoms with E-state index >= 15 is 0 Å². The molecular weight excluding hydrogens is 390 g/mol. The normalized spacial score (nSPS) is 20.0. The van der Waals surface area contributed by atoms with Gasteiger partial charge < -0.3 is 5.73 Å². The highest BCUT2D eigenvalue weighted by atomic mass is 15.5. The molecule has 150 valence electrons. The van der Waals surface area contributed by atoms with Gasteiger partial charge >= 0.3 is 0 Å². The van der Waals surface area contributed by atoms with Crippen LogP contribution in [0, 0.1) is 28.6 Å². The molecule has 1 fully saturated rings. The predicted octanol–water partition coefficient (Wildman–Crippen LogP) is 3.08. The average molecular weight is 407 g/mol. The van der Waals surface area contributed by atoms with Crippen LogP contribution in [0.25, 0.3) is 33.4 Å². The van der Waals surface area contributed by atoms with Gasteiger partial charge in [-0.1, -0.05) is 6.07 Å². The van der Waals surface area contributed by atoms with Crippen molar-refractivity contribution in [1.29, 1.82) is 10.5 Å². The Morgan fingerprint density at radius 3 is 2.81 bits per heavy atom. The van der Waals surface area contributed by atoms with Gasteiger partial charge in [0, 0.05) is 22.7 Å². The molecule has 0 saturated heterocycles. The number of nitrogens with zero attached hydrogens (tertiary/aromatic N) is 8. The summed E-state index contributed by atoms with van der Waals surface area (Å²) in [6, 6.07) is 12.2. The Hall–Kier alpha value is -4.37. The largest absolute Gasteiger partial charge is 0.382 e. The van der Waals surface area contributed by atoms with E-state index in [1.165, 1.54) is 6.20 Å². The van der Waals surface area contributed by atoms with Gasteiger partial charge in [-0.05, 0) is 31.0 Å². The van der Waals surface area contributed by atoms with E-state index in [-0.39, 0.29) is 12.3 Å². The van der Waals surface area contributed by atoms with Crippen LogP contribution in [0.3, 0.4) is 0 Å². The third-order valence-corrected chi connectivity index (χ3v) is 5.71. The highest BCUT2D eigenvalue weighted by Gasteiger charge is 2.48. The van der Waals surface area contributed by atoms with E-state index in [0.29, 0.717) is 30.0 Å². The van der Waals surface area contributed by atoms with Gasteiger partial charge in [0.05, 0.1) is 59.8 Å². The van der Waals surface area contributed by atoms with E-state index in [0.717, 1.165) is 22.0 Å². The quantitative estimate of drug-likeness (QED) is 0.543. The summed E-state index contributed by atoms with van der Waals surface area (Å²) in [7, 11) is 0. The Morgan fingerprint density at radius 1 is 1.16 bits per heavy atom. The minimum absolute atomic E-state index is 0.0710. The van der Waals surface area contributed by atoms with Gasteiger partial charge in [-0.2, -0.15) is 25.5 Å². The van der Waals surface area contributed by atoms with Crippen LogP contribution in [0.15, 0.2) is 49.1 Å². The van der Waals surface area contributed by atoms with E-state index < -0.39 is 5.54 Å². The van der Waals surface area contributed by atoms with Crippen molar-refractivity contribution in [3.8, 4) is 34.7 Å². The Kier molecular flexibility index (Phi) is 4.30. The summed E-state index contributed by atoms with van der Waals surface area (Å²) in [6.45, 7) is 0. The monoisotopic (exact) mass is 407 g/mol. The second-order valence-electron chi connectivity index (χ2n) is 7.74. The Morgan fingerprint density at radius 2 is 2.03 bits per heavy atom. The van der Waals surface area contributed by atoms with Crippen LogP contribution < -0.4 is 5.73 Å². The summed E-state index contributed by atoms with van der Waals surface area (Å²) < 4.78 is 0. The molecule has 0 atom stereocenters. The van der Waals surface area contributed by atoms with Crippen molar-refractivity contribution in [2.75, 3.05) is 5.73 Å². The fourth-order valence-corrected chi connectivity index (χ4v) is 4.15. The molecule has 1 aromatic carbocycles. The van der Waals surface area contributed by atoms with Crippen LogP contribution in [0.2, 0.25) is 0 Å². The lowest BCUT2D eigenvalue weighted by Crippen LogP contribution is -2.47. The maximum absolute atomic E-state index is 9.30. The van der Waals surface area contributed by atoms with Gasteiger partial charge in [0.1, 0.15) is 11.5 Å².